The van der Waals surface area contributed by atoms with Gasteiger partial charge in [0.1, 0.15) is 6.10 Å². The zero-order chi connectivity index (χ0) is 10.6. The van der Waals surface area contributed by atoms with Gasteiger partial charge in [0, 0.05) is 18.0 Å². The first-order valence-corrected chi connectivity index (χ1v) is 4.93. The number of nitrogens with zero attached hydrogens (tertiary/aromatic N) is 1. The Morgan fingerprint density at radius 1 is 1.43 bits per heavy atom. The van der Waals surface area contributed by atoms with Crippen molar-refractivity contribution in [2.45, 2.75) is 38.9 Å². The van der Waals surface area contributed by atoms with Crippen molar-refractivity contribution < 1.29 is 10.2 Å². The molecule has 0 saturated carbocycles. The lowest BCUT2D eigenvalue weighted by Crippen LogP contribution is -2.18. The van der Waals surface area contributed by atoms with Crippen LogP contribution in [-0.4, -0.2) is 21.3 Å². The summed E-state index contributed by atoms with van der Waals surface area (Å²) in [4.78, 5) is 3.94. The van der Waals surface area contributed by atoms with Gasteiger partial charge in [-0.25, -0.2) is 0 Å². The molecule has 2 N–H and O–H groups in total. The molecule has 2 unspecified atom stereocenters. The highest BCUT2D eigenvalue weighted by molar-refractivity contribution is 5.24. The highest BCUT2D eigenvalue weighted by Crippen LogP contribution is 2.21. The molecule has 0 aliphatic heterocycles. The molecule has 2 atom stereocenters. The van der Waals surface area contributed by atoms with Gasteiger partial charge in [0.15, 0.2) is 0 Å². The molecule has 0 radical (unpaired) electrons. The minimum atomic E-state index is -0.816. The average Bonchev–Trinajstić information content (AvgIpc) is 2.18. The number of aryl methyl sites for hydroxylation is 1. The van der Waals surface area contributed by atoms with E-state index in [1.807, 2.05) is 19.9 Å². The first kappa shape index (κ1) is 11.1. The molecule has 0 bridgehead atoms. The summed E-state index contributed by atoms with van der Waals surface area (Å²) in [5.74, 6) is 0. The second-order valence-corrected chi connectivity index (χ2v) is 3.53. The van der Waals surface area contributed by atoms with Crippen LogP contribution < -0.4 is 0 Å². The number of aliphatic hydroxyl groups is 2. The smallest absolute Gasteiger partial charge is 0.107 e. The Bertz CT molecular complexity index is 288. The Morgan fingerprint density at radius 3 is 2.71 bits per heavy atom. The molecule has 0 saturated heterocycles. The molecule has 78 valence electrons. The van der Waals surface area contributed by atoms with E-state index in [1.165, 1.54) is 0 Å². The fraction of sp³-hybridized carbons (Fsp3) is 0.545. The maximum absolute atomic E-state index is 9.81. The summed E-state index contributed by atoms with van der Waals surface area (Å²) in [5.41, 5.74) is 1.68. The zero-order valence-electron chi connectivity index (χ0n) is 8.64. The predicted octanol–water partition coefficient (Wildman–Crippen LogP) is 1.58. The highest BCUT2D eigenvalue weighted by Gasteiger charge is 2.18. The fourth-order valence-electron chi connectivity index (χ4n) is 1.45. The number of hydrogen-bond donors (Lipinski definition) is 2. The minimum Gasteiger partial charge on any atom is -0.390 e. The molecule has 0 spiro atoms. The van der Waals surface area contributed by atoms with Crippen molar-refractivity contribution in [3.05, 3.63) is 29.6 Å². The van der Waals surface area contributed by atoms with Crippen molar-refractivity contribution in [2.24, 2.45) is 0 Å². The van der Waals surface area contributed by atoms with Gasteiger partial charge in [-0.1, -0.05) is 13.3 Å². The fourth-order valence-corrected chi connectivity index (χ4v) is 1.45. The van der Waals surface area contributed by atoms with Gasteiger partial charge in [0.2, 0.25) is 0 Å². The summed E-state index contributed by atoms with van der Waals surface area (Å²) in [6.45, 7) is 3.88. The van der Waals surface area contributed by atoms with E-state index in [1.54, 1.807) is 12.4 Å². The minimum absolute atomic E-state index is 0.607. The van der Waals surface area contributed by atoms with E-state index in [9.17, 15) is 10.2 Å². The first-order valence-electron chi connectivity index (χ1n) is 4.93. The standard InChI is InChI=1S/C11H17NO2/c1-3-4-10(13)11(14)9-7-12-6-5-8(9)2/h5-7,10-11,13-14H,3-4H2,1-2H3. The molecular formula is C11H17NO2. The van der Waals surface area contributed by atoms with Gasteiger partial charge in [-0.15, -0.1) is 0 Å². The summed E-state index contributed by atoms with van der Waals surface area (Å²) in [6.07, 6.45) is 3.25. The normalized spacial score (nSPS) is 15.1. The predicted molar refractivity (Wildman–Crippen MR) is 54.8 cm³/mol. The summed E-state index contributed by atoms with van der Waals surface area (Å²) in [6, 6.07) is 1.83. The second kappa shape index (κ2) is 5.08. The number of aromatic nitrogens is 1. The van der Waals surface area contributed by atoms with Crippen molar-refractivity contribution in [3.8, 4) is 0 Å². The molecular weight excluding hydrogens is 178 g/mol. The highest BCUT2D eigenvalue weighted by atomic mass is 16.3. The van der Waals surface area contributed by atoms with E-state index in [-0.39, 0.29) is 0 Å². The maximum atomic E-state index is 9.81. The van der Waals surface area contributed by atoms with Crippen LogP contribution in [0, 0.1) is 6.92 Å². The van der Waals surface area contributed by atoms with Crippen molar-refractivity contribution in [1.82, 2.24) is 4.98 Å². The van der Waals surface area contributed by atoms with Crippen molar-refractivity contribution in [1.29, 1.82) is 0 Å². The van der Waals surface area contributed by atoms with Crippen LogP contribution in [0.1, 0.15) is 37.0 Å². The Labute approximate surface area is 84.4 Å². The molecule has 3 nitrogen and oxygen atoms in total. The molecule has 1 rings (SSSR count). The van der Waals surface area contributed by atoms with Crippen LogP contribution in [0.5, 0.6) is 0 Å². The van der Waals surface area contributed by atoms with Crippen LogP contribution in [0.4, 0.5) is 0 Å². The van der Waals surface area contributed by atoms with Gasteiger partial charge in [-0.2, -0.15) is 0 Å². The van der Waals surface area contributed by atoms with Gasteiger partial charge in [-0.3, -0.25) is 4.98 Å². The molecule has 1 aromatic rings. The van der Waals surface area contributed by atoms with Crippen LogP contribution in [0.15, 0.2) is 18.5 Å². The molecule has 1 heterocycles. The van der Waals surface area contributed by atoms with E-state index in [2.05, 4.69) is 4.98 Å². The van der Waals surface area contributed by atoms with Crippen LogP contribution >= 0.6 is 0 Å². The van der Waals surface area contributed by atoms with Crippen LogP contribution in [0.25, 0.3) is 0 Å². The van der Waals surface area contributed by atoms with E-state index >= 15 is 0 Å². The van der Waals surface area contributed by atoms with E-state index in [0.29, 0.717) is 12.0 Å². The number of pyridine rings is 1. The third-order valence-corrected chi connectivity index (χ3v) is 2.35. The Balaban J connectivity index is 2.78. The molecule has 1 aromatic heterocycles. The Morgan fingerprint density at radius 2 is 2.14 bits per heavy atom. The number of hydrogen-bond acceptors (Lipinski definition) is 3. The first-order chi connectivity index (χ1) is 6.66. The summed E-state index contributed by atoms with van der Waals surface area (Å²) < 4.78 is 0. The number of aliphatic hydroxyl groups excluding tert-OH is 2. The van der Waals surface area contributed by atoms with E-state index < -0.39 is 12.2 Å². The third-order valence-electron chi connectivity index (χ3n) is 2.35. The summed E-state index contributed by atoms with van der Waals surface area (Å²) in [5, 5.41) is 19.4. The molecule has 0 aromatic carbocycles. The van der Waals surface area contributed by atoms with Crippen LogP contribution in [0.3, 0.4) is 0 Å². The van der Waals surface area contributed by atoms with Gasteiger partial charge >= 0.3 is 0 Å². The Hall–Kier alpha value is -0.930. The van der Waals surface area contributed by atoms with Gasteiger partial charge in [-0.05, 0) is 25.0 Å². The van der Waals surface area contributed by atoms with Gasteiger partial charge in [0.25, 0.3) is 0 Å². The molecule has 0 aliphatic rings. The second-order valence-electron chi connectivity index (χ2n) is 3.53. The van der Waals surface area contributed by atoms with Gasteiger partial charge < -0.3 is 10.2 Å². The van der Waals surface area contributed by atoms with Crippen molar-refractivity contribution >= 4 is 0 Å². The molecule has 0 fully saturated rings. The molecule has 14 heavy (non-hydrogen) atoms. The third kappa shape index (κ3) is 2.53. The SMILES string of the molecule is CCCC(O)C(O)c1cnccc1C. The molecule has 0 aliphatic carbocycles. The summed E-state index contributed by atoms with van der Waals surface area (Å²) in [7, 11) is 0. The maximum Gasteiger partial charge on any atom is 0.107 e. The lowest BCUT2D eigenvalue weighted by molar-refractivity contribution is 0.0125. The lowest BCUT2D eigenvalue weighted by Gasteiger charge is -2.18. The monoisotopic (exact) mass is 195 g/mol. The van der Waals surface area contributed by atoms with Crippen molar-refractivity contribution in [3.63, 3.8) is 0 Å². The zero-order valence-corrected chi connectivity index (χ0v) is 8.64. The average molecular weight is 195 g/mol. The van der Waals surface area contributed by atoms with Crippen LogP contribution in [-0.2, 0) is 0 Å². The van der Waals surface area contributed by atoms with Crippen LogP contribution in [0.2, 0.25) is 0 Å². The summed E-state index contributed by atoms with van der Waals surface area (Å²) >= 11 is 0. The molecule has 0 amide bonds. The number of rotatable bonds is 4. The largest absolute Gasteiger partial charge is 0.390 e. The molecule has 3 heteroatoms. The Kier molecular flexibility index (Phi) is 4.04. The lowest BCUT2D eigenvalue weighted by atomic mass is 9.99. The van der Waals surface area contributed by atoms with E-state index in [4.69, 9.17) is 0 Å². The van der Waals surface area contributed by atoms with Gasteiger partial charge in [0.05, 0.1) is 6.10 Å². The van der Waals surface area contributed by atoms with Crippen molar-refractivity contribution in [2.75, 3.05) is 0 Å². The topological polar surface area (TPSA) is 53.4 Å². The van der Waals surface area contributed by atoms with E-state index in [0.717, 1.165) is 12.0 Å². The quantitative estimate of drug-likeness (QED) is 0.767.